The Morgan fingerprint density at radius 1 is 1.19 bits per heavy atom. The van der Waals surface area contributed by atoms with Crippen LogP contribution in [0.15, 0.2) is 58.3 Å². The molecule has 36 heavy (non-hydrogen) atoms. The van der Waals surface area contributed by atoms with Gasteiger partial charge in [-0.25, -0.2) is 4.79 Å². The number of nitrogens with one attached hydrogen (secondary N) is 1. The van der Waals surface area contributed by atoms with Gasteiger partial charge in [0.2, 0.25) is 0 Å². The number of carbonyl (C=O) groups is 2. The van der Waals surface area contributed by atoms with Gasteiger partial charge in [0.25, 0.3) is 0 Å². The lowest BCUT2D eigenvalue weighted by atomic mass is 9.73. The molecule has 8 heteroatoms. The van der Waals surface area contributed by atoms with Crippen LogP contribution in [-0.2, 0) is 14.3 Å². The summed E-state index contributed by atoms with van der Waals surface area (Å²) in [6, 6.07) is 9.84. The molecule has 0 amide bonds. The van der Waals surface area contributed by atoms with Crippen LogP contribution in [0.5, 0.6) is 11.5 Å². The predicted molar refractivity (Wildman–Crippen MR) is 145 cm³/mol. The van der Waals surface area contributed by atoms with Gasteiger partial charge in [0.15, 0.2) is 17.3 Å². The Hall–Kier alpha value is -2.71. The molecular weight excluding hydrogens is 494 g/mol. The molecule has 4 rings (SSSR count). The summed E-state index contributed by atoms with van der Waals surface area (Å²) in [6.45, 7) is 6.82. The third-order valence-corrected chi connectivity index (χ3v) is 8.30. The van der Waals surface area contributed by atoms with Crippen molar-refractivity contribution in [3.8, 4) is 11.5 Å². The van der Waals surface area contributed by atoms with E-state index in [-0.39, 0.29) is 17.7 Å². The Balaban J connectivity index is 1.65. The summed E-state index contributed by atoms with van der Waals surface area (Å²) in [6.07, 6.45) is 1.04. The van der Waals surface area contributed by atoms with E-state index in [1.807, 2.05) is 49.6 Å². The standard InChI is InChI=1S/C28H33NO5S2/c1-5-33-22-10-9-18(16-23(22)32-4)19-14-20-26(21(30)15-19)27(24-8-7-12-36-24)25(17(3)29-20)28(31)34-11-13-35-6-2/h7-10,12,16,19,27,29H,5-6,11,13-15H2,1-4H3/t19-,27+/m0/s1. The molecule has 1 aliphatic carbocycles. The smallest absolute Gasteiger partial charge is 0.336 e. The van der Waals surface area contributed by atoms with E-state index in [1.54, 1.807) is 30.2 Å². The van der Waals surface area contributed by atoms with Crippen molar-refractivity contribution >= 4 is 34.9 Å². The number of dihydropyridines is 1. The van der Waals surface area contributed by atoms with Gasteiger partial charge < -0.3 is 19.5 Å². The van der Waals surface area contributed by atoms with Crippen molar-refractivity contribution < 1.29 is 23.8 Å². The number of hydrogen-bond acceptors (Lipinski definition) is 8. The van der Waals surface area contributed by atoms with E-state index >= 15 is 0 Å². The number of thioether (sulfide) groups is 1. The first-order valence-electron chi connectivity index (χ1n) is 12.3. The van der Waals surface area contributed by atoms with Gasteiger partial charge in [-0.05, 0) is 61.1 Å². The lowest BCUT2D eigenvalue weighted by molar-refractivity contribution is -0.138. The van der Waals surface area contributed by atoms with Crippen LogP contribution in [-0.4, -0.2) is 43.6 Å². The molecule has 0 saturated heterocycles. The first-order chi connectivity index (χ1) is 17.5. The van der Waals surface area contributed by atoms with Crippen molar-refractivity contribution in [2.75, 3.05) is 31.8 Å². The third kappa shape index (κ3) is 5.49. The summed E-state index contributed by atoms with van der Waals surface area (Å²) in [7, 11) is 1.62. The molecule has 1 aliphatic heterocycles. The van der Waals surface area contributed by atoms with E-state index in [0.29, 0.717) is 48.7 Å². The lowest BCUT2D eigenvalue weighted by Crippen LogP contribution is -2.36. The second-order valence-corrected chi connectivity index (χ2v) is 11.1. The second kappa shape index (κ2) is 12.0. The number of benzene rings is 1. The van der Waals surface area contributed by atoms with Crippen LogP contribution in [0, 0.1) is 0 Å². The van der Waals surface area contributed by atoms with Crippen LogP contribution in [0.1, 0.15) is 55.9 Å². The van der Waals surface area contributed by atoms with Crippen molar-refractivity contribution in [3.63, 3.8) is 0 Å². The number of rotatable bonds is 10. The van der Waals surface area contributed by atoms with Crippen LogP contribution >= 0.6 is 23.1 Å². The van der Waals surface area contributed by atoms with Gasteiger partial charge in [-0.2, -0.15) is 11.8 Å². The van der Waals surface area contributed by atoms with Crippen LogP contribution < -0.4 is 14.8 Å². The molecule has 0 radical (unpaired) electrons. The highest BCUT2D eigenvalue weighted by atomic mass is 32.2. The fourth-order valence-corrected chi connectivity index (χ4v) is 6.25. The number of ketones is 1. The van der Waals surface area contributed by atoms with E-state index in [2.05, 4.69) is 12.2 Å². The van der Waals surface area contributed by atoms with Gasteiger partial charge in [-0.15, -0.1) is 11.3 Å². The van der Waals surface area contributed by atoms with Crippen molar-refractivity contribution in [2.24, 2.45) is 0 Å². The molecule has 0 spiro atoms. The van der Waals surface area contributed by atoms with Gasteiger partial charge in [0.05, 0.1) is 25.2 Å². The Morgan fingerprint density at radius 3 is 2.72 bits per heavy atom. The molecule has 6 nitrogen and oxygen atoms in total. The highest BCUT2D eigenvalue weighted by Gasteiger charge is 2.42. The molecule has 2 aliphatic rings. The van der Waals surface area contributed by atoms with Crippen molar-refractivity contribution in [1.82, 2.24) is 5.32 Å². The summed E-state index contributed by atoms with van der Waals surface area (Å²) in [5.41, 5.74) is 3.89. The molecular formula is C28H33NO5S2. The number of hydrogen-bond donors (Lipinski definition) is 1. The average Bonchev–Trinajstić information content (AvgIpc) is 3.40. The lowest BCUT2D eigenvalue weighted by Gasteiger charge is -2.36. The molecule has 0 saturated carbocycles. The topological polar surface area (TPSA) is 73.9 Å². The van der Waals surface area contributed by atoms with Gasteiger partial charge in [0, 0.05) is 34.0 Å². The molecule has 2 aromatic rings. The molecule has 0 fully saturated rings. The minimum absolute atomic E-state index is 0.00434. The number of allylic oxidation sites excluding steroid dienone is 3. The Kier molecular flexibility index (Phi) is 8.80. The molecule has 0 unspecified atom stereocenters. The van der Waals surface area contributed by atoms with Crippen molar-refractivity contribution in [2.45, 2.75) is 45.4 Å². The molecule has 2 heterocycles. The Morgan fingerprint density at radius 2 is 2.03 bits per heavy atom. The van der Waals surface area contributed by atoms with E-state index in [9.17, 15) is 9.59 Å². The number of ether oxygens (including phenoxy) is 3. The van der Waals surface area contributed by atoms with Crippen LogP contribution in [0.25, 0.3) is 0 Å². The first kappa shape index (κ1) is 26.4. The molecule has 1 aromatic carbocycles. The quantitative estimate of drug-likeness (QED) is 0.309. The molecule has 1 aromatic heterocycles. The zero-order valence-corrected chi connectivity index (χ0v) is 22.9. The summed E-state index contributed by atoms with van der Waals surface area (Å²) in [4.78, 5) is 27.9. The fourth-order valence-electron chi connectivity index (χ4n) is 4.91. The Labute approximate surface area is 221 Å². The minimum atomic E-state index is -0.407. The fraction of sp³-hybridized carbons (Fsp3) is 0.429. The molecule has 192 valence electrons. The van der Waals surface area contributed by atoms with Crippen LogP contribution in [0.2, 0.25) is 0 Å². The van der Waals surface area contributed by atoms with Gasteiger partial charge in [-0.3, -0.25) is 4.79 Å². The van der Waals surface area contributed by atoms with Gasteiger partial charge in [-0.1, -0.05) is 19.1 Å². The number of Topliss-reactive ketones (excluding diaryl/α,β-unsaturated/α-hetero) is 1. The molecule has 0 bridgehead atoms. The number of methoxy groups -OCH3 is 1. The monoisotopic (exact) mass is 527 g/mol. The van der Waals surface area contributed by atoms with Crippen LogP contribution in [0.3, 0.4) is 0 Å². The molecule has 2 atom stereocenters. The average molecular weight is 528 g/mol. The number of thiophene rings is 1. The van der Waals surface area contributed by atoms with Gasteiger partial charge in [0.1, 0.15) is 6.61 Å². The van der Waals surface area contributed by atoms with E-state index in [1.165, 1.54) is 0 Å². The summed E-state index contributed by atoms with van der Waals surface area (Å²) < 4.78 is 16.8. The van der Waals surface area contributed by atoms with Gasteiger partial charge >= 0.3 is 5.97 Å². The number of carbonyl (C=O) groups excluding carboxylic acids is 2. The summed E-state index contributed by atoms with van der Waals surface area (Å²) >= 11 is 3.29. The van der Waals surface area contributed by atoms with Crippen molar-refractivity contribution in [1.29, 1.82) is 0 Å². The largest absolute Gasteiger partial charge is 0.493 e. The first-order valence-corrected chi connectivity index (χ1v) is 14.3. The SMILES string of the molecule is CCOc1ccc([C@@H]2CC(=O)C3=C(C2)NC(C)=C(C(=O)OCCSCC)[C@H]3c2cccs2)cc1OC. The van der Waals surface area contributed by atoms with Crippen LogP contribution in [0.4, 0.5) is 0 Å². The van der Waals surface area contributed by atoms with E-state index in [4.69, 9.17) is 14.2 Å². The zero-order chi connectivity index (χ0) is 25.7. The van der Waals surface area contributed by atoms with Crippen molar-refractivity contribution in [3.05, 3.63) is 68.7 Å². The summed E-state index contributed by atoms with van der Waals surface area (Å²) in [5.74, 6) is 2.39. The molecule has 1 N–H and O–H groups in total. The van der Waals surface area contributed by atoms with E-state index in [0.717, 1.165) is 33.3 Å². The maximum atomic E-state index is 13.7. The Bertz CT molecular complexity index is 1170. The minimum Gasteiger partial charge on any atom is -0.493 e. The predicted octanol–water partition coefficient (Wildman–Crippen LogP) is 5.81. The third-order valence-electron chi connectivity index (χ3n) is 6.50. The number of esters is 1. The second-order valence-electron chi connectivity index (χ2n) is 8.71. The maximum absolute atomic E-state index is 13.7. The highest BCUT2D eigenvalue weighted by molar-refractivity contribution is 7.99. The highest BCUT2D eigenvalue weighted by Crippen LogP contribution is 2.47. The van der Waals surface area contributed by atoms with E-state index < -0.39 is 5.92 Å². The zero-order valence-electron chi connectivity index (χ0n) is 21.2. The summed E-state index contributed by atoms with van der Waals surface area (Å²) in [5, 5.41) is 5.40. The maximum Gasteiger partial charge on any atom is 0.336 e. The normalized spacial score (nSPS) is 19.6.